The van der Waals surface area contributed by atoms with Crippen LogP contribution in [0.4, 0.5) is 0 Å². The summed E-state index contributed by atoms with van der Waals surface area (Å²) in [6, 6.07) is 5.67. The summed E-state index contributed by atoms with van der Waals surface area (Å²) < 4.78 is 12.4. The lowest BCUT2D eigenvalue weighted by molar-refractivity contribution is 0.355. The van der Waals surface area contributed by atoms with Crippen molar-refractivity contribution < 1.29 is 9.47 Å². The van der Waals surface area contributed by atoms with Gasteiger partial charge in [0.1, 0.15) is 0 Å². The predicted octanol–water partition coefficient (Wildman–Crippen LogP) is 2.68. The van der Waals surface area contributed by atoms with E-state index in [4.69, 9.17) is 9.47 Å². The van der Waals surface area contributed by atoms with Gasteiger partial charge in [0.25, 0.3) is 0 Å². The van der Waals surface area contributed by atoms with E-state index in [0.717, 1.165) is 28.6 Å². The van der Waals surface area contributed by atoms with Gasteiger partial charge in [0.15, 0.2) is 17.3 Å². The summed E-state index contributed by atoms with van der Waals surface area (Å²) in [5, 5.41) is 13.9. The van der Waals surface area contributed by atoms with Crippen LogP contribution in [0.2, 0.25) is 0 Å². The van der Waals surface area contributed by atoms with Gasteiger partial charge in [-0.3, -0.25) is 0 Å². The standard InChI is InChI=1S/C14H16N4O2S/c1-4-10-8-21-14-16-15-13(18(14)17-10)9-5-6-11(19-2)12(7-9)20-3/h5-7H,4,8H2,1-3H3. The van der Waals surface area contributed by atoms with Gasteiger partial charge >= 0.3 is 0 Å². The molecule has 0 N–H and O–H groups in total. The van der Waals surface area contributed by atoms with E-state index in [2.05, 4.69) is 22.2 Å². The molecule has 110 valence electrons. The zero-order valence-corrected chi connectivity index (χ0v) is 13.0. The molecule has 0 amide bonds. The fraction of sp³-hybridized carbons (Fsp3) is 0.357. The second-order valence-electron chi connectivity index (χ2n) is 4.50. The number of methoxy groups -OCH3 is 2. The van der Waals surface area contributed by atoms with Gasteiger partial charge in [-0.2, -0.15) is 9.78 Å². The Morgan fingerprint density at radius 3 is 2.71 bits per heavy atom. The Hall–Kier alpha value is -2.02. The van der Waals surface area contributed by atoms with Gasteiger partial charge in [-0.1, -0.05) is 18.7 Å². The summed E-state index contributed by atoms with van der Waals surface area (Å²) in [6.07, 6.45) is 0.927. The van der Waals surface area contributed by atoms with Crippen LogP contribution in [0.5, 0.6) is 11.5 Å². The predicted molar refractivity (Wildman–Crippen MR) is 82.4 cm³/mol. The Morgan fingerprint density at radius 1 is 1.19 bits per heavy atom. The van der Waals surface area contributed by atoms with Crippen molar-refractivity contribution in [3.8, 4) is 22.9 Å². The Morgan fingerprint density at radius 2 is 2.00 bits per heavy atom. The minimum atomic E-state index is 0.663. The van der Waals surface area contributed by atoms with Crippen LogP contribution in [0.3, 0.4) is 0 Å². The molecule has 0 spiro atoms. The third-order valence-electron chi connectivity index (χ3n) is 3.27. The molecule has 0 unspecified atom stereocenters. The molecule has 0 radical (unpaired) electrons. The number of ether oxygens (including phenoxy) is 2. The monoisotopic (exact) mass is 304 g/mol. The number of nitrogens with zero attached hydrogens (tertiary/aromatic N) is 4. The summed E-state index contributed by atoms with van der Waals surface area (Å²) in [6.45, 7) is 2.10. The van der Waals surface area contributed by atoms with Gasteiger partial charge in [-0.25, -0.2) is 0 Å². The third-order valence-corrected chi connectivity index (χ3v) is 4.26. The van der Waals surface area contributed by atoms with E-state index in [-0.39, 0.29) is 0 Å². The highest BCUT2D eigenvalue weighted by Gasteiger charge is 2.20. The van der Waals surface area contributed by atoms with Crippen LogP contribution in [0.1, 0.15) is 13.3 Å². The van der Waals surface area contributed by atoms with Crippen LogP contribution in [-0.2, 0) is 0 Å². The molecule has 0 bridgehead atoms. The highest BCUT2D eigenvalue weighted by atomic mass is 32.2. The summed E-state index contributed by atoms with van der Waals surface area (Å²) in [5.41, 5.74) is 2.03. The summed E-state index contributed by atoms with van der Waals surface area (Å²) in [5.74, 6) is 2.94. The molecule has 0 saturated carbocycles. The minimum Gasteiger partial charge on any atom is -0.493 e. The largest absolute Gasteiger partial charge is 0.493 e. The van der Waals surface area contributed by atoms with E-state index < -0.39 is 0 Å². The molecule has 1 aliphatic rings. The molecule has 1 aliphatic heterocycles. The Balaban J connectivity index is 2.07. The molecular weight excluding hydrogens is 288 g/mol. The summed E-state index contributed by atoms with van der Waals surface area (Å²) in [7, 11) is 3.23. The molecule has 2 aromatic rings. The molecule has 3 rings (SSSR count). The van der Waals surface area contributed by atoms with Gasteiger partial charge in [0.05, 0.1) is 14.2 Å². The van der Waals surface area contributed by atoms with E-state index in [1.165, 1.54) is 0 Å². The van der Waals surface area contributed by atoms with Gasteiger partial charge in [-0.15, -0.1) is 10.2 Å². The van der Waals surface area contributed by atoms with Crippen LogP contribution in [0, 0.1) is 0 Å². The second-order valence-corrected chi connectivity index (χ2v) is 5.44. The van der Waals surface area contributed by atoms with Crippen molar-refractivity contribution in [2.45, 2.75) is 18.5 Å². The quantitative estimate of drug-likeness (QED) is 0.869. The van der Waals surface area contributed by atoms with Crippen molar-refractivity contribution in [3.05, 3.63) is 18.2 Å². The molecule has 0 saturated heterocycles. The van der Waals surface area contributed by atoms with Crippen molar-refractivity contribution in [1.29, 1.82) is 0 Å². The molecule has 6 nitrogen and oxygen atoms in total. The van der Waals surface area contributed by atoms with Gasteiger partial charge in [0.2, 0.25) is 5.16 Å². The van der Waals surface area contributed by atoms with Crippen molar-refractivity contribution in [2.24, 2.45) is 5.10 Å². The number of benzene rings is 1. The first-order valence-electron chi connectivity index (χ1n) is 6.64. The van der Waals surface area contributed by atoms with Crippen molar-refractivity contribution in [3.63, 3.8) is 0 Å². The molecule has 21 heavy (non-hydrogen) atoms. The molecule has 0 aliphatic carbocycles. The van der Waals surface area contributed by atoms with Gasteiger partial charge < -0.3 is 9.47 Å². The molecule has 7 heteroatoms. The highest BCUT2D eigenvalue weighted by molar-refractivity contribution is 7.99. The molecule has 1 aromatic heterocycles. The SMILES string of the molecule is CCC1=Nn2c(nnc2-c2ccc(OC)c(OC)c2)SC1. The number of hydrogen-bond acceptors (Lipinski definition) is 6. The fourth-order valence-corrected chi connectivity index (χ4v) is 3.00. The number of aromatic nitrogens is 3. The maximum Gasteiger partial charge on any atom is 0.212 e. The normalized spacial score (nSPS) is 13.6. The first-order chi connectivity index (χ1) is 10.3. The first kappa shape index (κ1) is 13.9. The van der Waals surface area contributed by atoms with Crippen LogP contribution in [-0.4, -0.2) is 40.6 Å². The smallest absolute Gasteiger partial charge is 0.212 e. The maximum atomic E-state index is 5.34. The lowest BCUT2D eigenvalue weighted by Gasteiger charge is -2.13. The van der Waals surface area contributed by atoms with E-state index in [1.807, 2.05) is 18.2 Å². The first-order valence-corrected chi connectivity index (χ1v) is 7.62. The average molecular weight is 304 g/mol. The van der Waals surface area contributed by atoms with Crippen LogP contribution >= 0.6 is 11.8 Å². The van der Waals surface area contributed by atoms with E-state index in [9.17, 15) is 0 Å². The maximum absolute atomic E-state index is 5.34. The molecule has 1 aromatic carbocycles. The van der Waals surface area contributed by atoms with Crippen molar-refractivity contribution in [2.75, 3.05) is 20.0 Å². The zero-order valence-electron chi connectivity index (χ0n) is 12.2. The third kappa shape index (κ3) is 2.49. The lowest BCUT2D eigenvalue weighted by atomic mass is 10.2. The lowest BCUT2D eigenvalue weighted by Crippen LogP contribution is -2.11. The van der Waals surface area contributed by atoms with Gasteiger partial charge in [0, 0.05) is 17.0 Å². The average Bonchev–Trinajstić information content (AvgIpc) is 2.97. The van der Waals surface area contributed by atoms with E-state index in [0.29, 0.717) is 17.3 Å². The minimum absolute atomic E-state index is 0.663. The van der Waals surface area contributed by atoms with E-state index in [1.54, 1.807) is 30.7 Å². The van der Waals surface area contributed by atoms with Crippen LogP contribution in [0.25, 0.3) is 11.4 Å². The number of fused-ring (bicyclic) bond motifs is 1. The number of thioether (sulfide) groups is 1. The Kier molecular flexibility index (Phi) is 3.83. The summed E-state index contributed by atoms with van der Waals surface area (Å²) in [4.78, 5) is 0. The number of rotatable bonds is 4. The molecule has 2 heterocycles. The van der Waals surface area contributed by atoms with Crippen LogP contribution in [0.15, 0.2) is 28.5 Å². The Bertz CT molecular complexity index is 696. The van der Waals surface area contributed by atoms with Crippen molar-refractivity contribution in [1.82, 2.24) is 14.9 Å². The fourth-order valence-electron chi connectivity index (χ4n) is 2.09. The van der Waals surface area contributed by atoms with Gasteiger partial charge in [-0.05, 0) is 24.6 Å². The molecule has 0 fully saturated rings. The molecular formula is C14H16N4O2S. The number of hydrogen-bond donors (Lipinski definition) is 0. The second kappa shape index (κ2) is 5.77. The van der Waals surface area contributed by atoms with Crippen LogP contribution < -0.4 is 9.47 Å². The molecule has 0 atom stereocenters. The summed E-state index contributed by atoms with van der Waals surface area (Å²) >= 11 is 1.66. The highest BCUT2D eigenvalue weighted by Crippen LogP contribution is 2.33. The zero-order chi connectivity index (χ0) is 14.8. The Labute approximate surface area is 127 Å². The topological polar surface area (TPSA) is 61.5 Å². The van der Waals surface area contributed by atoms with Crippen molar-refractivity contribution >= 4 is 17.5 Å². The van der Waals surface area contributed by atoms with E-state index >= 15 is 0 Å².